The monoisotopic (exact) mass is 392 g/mol. The Kier molecular flexibility index (Phi) is 4.12. The fraction of sp³-hybridized carbons (Fsp3) is 0.762. The van der Waals surface area contributed by atoms with Crippen LogP contribution in [-0.4, -0.2) is 53.2 Å². The maximum absolute atomic E-state index is 13.6. The van der Waals surface area contributed by atoms with E-state index in [0.717, 1.165) is 0 Å². The first-order valence-electron chi connectivity index (χ1n) is 9.90. The van der Waals surface area contributed by atoms with Crippen LogP contribution in [0.4, 0.5) is 0 Å². The van der Waals surface area contributed by atoms with Crippen LogP contribution in [0.3, 0.4) is 0 Å². The highest BCUT2D eigenvalue weighted by molar-refractivity contribution is 6.04. The van der Waals surface area contributed by atoms with Gasteiger partial charge in [0.25, 0.3) is 0 Å². The van der Waals surface area contributed by atoms with Crippen LogP contribution in [0.1, 0.15) is 40.5 Å². The smallest absolute Gasteiger partial charge is 0.306 e. The number of allylic oxidation sites excluding steroid dienone is 2. The lowest BCUT2D eigenvalue weighted by atomic mass is 9.38. The summed E-state index contributed by atoms with van der Waals surface area (Å²) < 4.78 is 11.1. The summed E-state index contributed by atoms with van der Waals surface area (Å²) in [6.07, 6.45) is -2.88. The summed E-state index contributed by atoms with van der Waals surface area (Å²) in [6, 6.07) is 0. The van der Waals surface area contributed by atoms with Crippen LogP contribution in [0.5, 0.6) is 0 Å². The maximum atomic E-state index is 13.6. The molecule has 3 aliphatic carbocycles. The van der Waals surface area contributed by atoms with E-state index in [1.165, 1.54) is 7.11 Å². The lowest BCUT2D eigenvalue weighted by molar-refractivity contribution is -0.256. The molecule has 1 saturated heterocycles. The molecule has 0 aromatic rings. The van der Waals surface area contributed by atoms with Crippen molar-refractivity contribution in [1.29, 1.82) is 0 Å². The molecule has 7 heteroatoms. The summed E-state index contributed by atoms with van der Waals surface area (Å²) >= 11 is 0. The van der Waals surface area contributed by atoms with E-state index in [-0.39, 0.29) is 36.2 Å². The molecule has 0 spiro atoms. The van der Waals surface area contributed by atoms with E-state index < -0.39 is 52.7 Å². The maximum Gasteiger partial charge on any atom is 0.306 e. The predicted molar refractivity (Wildman–Crippen MR) is 96.7 cm³/mol. The van der Waals surface area contributed by atoms with Gasteiger partial charge < -0.3 is 19.7 Å². The number of aliphatic hydroxyl groups excluding tert-OH is 2. The standard InChI is InChI=1S/C21H28O7/c1-8-6-11(22)18(26)21(4)13(8)14(24)19-20(3)10(7-12(23)28-19)9(2)16(27-5)15(25)17(20)21/h8,10-11,13-14,17,19,22,24H,6-7H2,1-5H3/t8-,10+,11+,13-,14-,17-,19-,20+,21+/m1/s1. The molecule has 0 aromatic carbocycles. The average Bonchev–Trinajstić information content (AvgIpc) is 2.60. The van der Waals surface area contributed by atoms with E-state index in [2.05, 4.69) is 0 Å². The number of aliphatic hydroxyl groups is 2. The summed E-state index contributed by atoms with van der Waals surface area (Å²) in [7, 11) is 1.41. The van der Waals surface area contributed by atoms with Crippen LogP contribution in [0.15, 0.2) is 11.3 Å². The van der Waals surface area contributed by atoms with Crippen molar-refractivity contribution in [2.45, 2.75) is 58.8 Å². The molecule has 0 amide bonds. The predicted octanol–water partition coefficient (Wildman–Crippen LogP) is 1.01. The van der Waals surface area contributed by atoms with Crippen molar-refractivity contribution in [1.82, 2.24) is 0 Å². The summed E-state index contributed by atoms with van der Waals surface area (Å²) in [5, 5.41) is 21.8. The minimum Gasteiger partial charge on any atom is -0.493 e. The molecule has 7 nitrogen and oxygen atoms in total. The van der Waals surface area contributed by atoms with Gasteiger partial charge in [0.1, 0.15) is 12.2 Å². The quantitative estimate of drug-likeness (QED) is 0.641. The van der Waals surface area contributed by atoms with E-state index in [9.17, 15) is 24.6 Å². The number of ether oxygens (including phenoxy) is 2. The van der Waals surface area contributed by atoms with E-state index in [1.54, 1.807) is 13.8 Å². The van der Waals surface area contributed by atoms with Crippen LogP contribution < -0.4 is 0 Å². The van der Waals surface area contributed by atoms with Gasteiger partial charge in [-0.2, -0.15) is 0 Å². The first-order chi connectivity index (χ1) is 13.0. The topological polar surface area (TPSA) is 110 Å². The fourth-order valence-electron chi connectivity index (χ4n) is 7.20. The normalized spacial score (nSPS) is 50.7. The second kappa shape index (κ2) is 5.89. The molecular formula is C21H28O7. The molecule has 3 fully saturated rings. The molecule has 1 aliphatic heterocycles. The number of esters is 1. The Hall–Kier alpha value is -1.73. The van der Waals surface area contributed by atoms with Crippen LogP contribution >= 0.6 is 0 Å². The van der Waals surface area contributed by atoms with Crippen molar-refractivity contribution in [3.63, 3.8) is 0 Å². The number of rotatable bonds is 1. The van der Waals surface area contributed by atoms with Gasteiger partial charge in [0.2, 0.25) is 5.78 Å². The van der Waals surface area contributed by atoms with Gasteiger partial charge >= 0.3 is 5.97 Å². The van der Waals surface area contributed by atoms with Gasteiger partial charge in [-0.25, -0.2) is 0 Å². The van der Waals surface area contributed by atoms with Crippen molar-refractivity contribution < 1.29 is 34.1 Å². The molecule has 0 aromatic heterocycles. The highest BCUT2D eigenvalue weighted by Crippen LogP contribution is 2.67. The fourth-order valence-corrected chi connectivity index (χ4v) is 7.20. The first-order valence-corrected chi connectivity index (χ1v) is 9.90. The number of methoxy groups -OCH3 is 1. The van der Waals surface area contributed by atoms with Crippen molar-refractivity contribution >= 4 is 17.5 Å². The number of fused-ring (bicyclic) bond motifs is 2. The van der Waals surface area contributed by atoms with E-state index >= 15 is 0 Å². The molecule has 154 valence electrons. The molecule has 4 aliphatic rings. The molecule has 4 rings (SSSR count). The number of carbonyl (C=O) groups excluding carboxylic acids is 3. The summed E-state index contributed by atoms with van der Waals surface area (Å²) in [6.45, 7) is 7.14. The van der Waals surface area contributed by atoms with E-state index in [1.807, 2.05) is 13.8 Å². The van der Waals surface area contributed by atoms with Crippen molar-refractivity contribution in [3.05, 3.63) is 11.3 Å². The minimum absolute atomic E-state index is 0.0647. The molecule has 1 heterocycles. The molecule has 2 N–H and O–H groups in total. The highest BCUT2D eigenvalue weighted by atomic mass is 16.6. The van der Waals surface area contributed by atoms with Gasteiger partial charge in [-0.05, 0) is 24.8 Å². The molecule has 0 unspecified atom stereocenters. The third kappa shape index (κ3) is 2.04. The zero-order valence-electron chi connectivity index (χ0n) is 16.9. The van der Waals surface area contributed by atoms with E-state index in [4.69, 9.17) is 9.47 Å². The van der Waals surface area contributed by atoms with Crippen molar-refractivity contribution in [3.8, 4) is 0 Å². The second-order valence-electron chi connectivity index (χ2n) is 9.44. The number of hydrogen-bond donors (Lipinski definition) is 2. The Labute approximate surface area is 164 Å². The Morgan fingerprint density at radius 1 is 1.18 bits per heavy atom. The van der Waals surface area contributed by atoms with E-state index in [0.29, 0.717) is 5.57 Å². The van der Waals surface area contributed by atoms with Gasteiger partial charge in [0.05, 0.1) is 19.6 Å². The Morgan fingerprint density at radius 3 is 2.43 bits per heavy atom. The average molecular weight is 392 g/mol. The lowest BCUT2D eigenvalue weighted by Crippen LogP contribution is -2.75. The molecular weight excluding hydrogens is 364 g/mol. The van der Waals surface area contributed by atoms with Gasteiger partial charge in [-0.3, -0.25) is 14.4 Å². The largest absolute Gasteiger partial charge is 0.493 e. The lowest BCUT2D eigenvalue weighted by Gasteiger charge is -2.66. The third-order valence-corrected chi connectivity index (χ3v) is 8.20. The number of ketones is 2. The molecule has 2 saturated carbocycles. The SMILES string of the molecule is COC1=C(C)[C@@H]2CC(=O)O[C@@H]3[C@H](O)[C@H]4[C@H](C)C[C@H](O)C(=O)[C@]4(C)[C@H](C1=O)[C@@]32C. The van der Waals surface area contributed by atoms with Crippen LogP contribution in [0, 0.1) is 34.5 Å². The highest BCUT2D eigenvalue weighted by Gasteiger charge is 2.75. The number of carbonyl (C=O) groups is 3. The van der Waals surface area contributed by atoms with Crippen LogP contribution in [0.25, 0.3) is 0 Å². The zero-order chi connectivity index (χ0) is 20.8. The first kappa shape index (κ1) is 19.6. The van der Waals surface area contributed by atoms with Gasteiger partial charge in [-0.15, -0.1) is 0 Å². The molecule has 0 radical (unpaired) electrons. The van der Waals surface area contributed by atoms with Crippen molar-refractivity contribution in [2.75, 3.05) is 7.11 Å². The number of hydrogen-bond acceptors (Lipinski definition) is 7. The van der Waals surface area contributed by atoms with Gasteiger partial charge in [-0.1, -0.05) is 20.8 Å². The van der Waals surface area contributed by atoms with Gasteiger partial charge in [0, 0.05) is 28.6 Å². The number of Topliss-reactive ketones (excluding diaryl/α,β-unsaturated/α-hetero) is 2. The summed E-state index contributed by atoms with van der Waals surface area (Å²) in [5.41, 5.74) is -1.57. The zero-order valence-corrected chi connectivity index (χ0v) is 16.9. The van der Waals surface area contributed by atoms with Crippen LogP contribution in [0.2, 0.25) is 0 Å². The second-order valence-corrected chi connectivity index (χ2v) is 9.44. The third-order valence-electron chi connectivity index (χ3n) is 8.20. The Bertz CT molecular complexity index is 801. The van der Waals surface area contributed by atoms with Gasteiger partial charge in [0.15, 0.2) is 11.5 Å². The van der Waals surface area contributed by atoms with Crippen molar-refractivity contribution in [2.24, 2.45) is 34.5 Å². The minimum atomic E-state index is -1.27. The molecule has 0 bridgehead atoms. The Balaban J connectivity index is 2.02. The van der Waals surface area contributed by atoms with Crippen LogP contribution in [-0.2, 0) is 23.9 Å². The molecule has 9 atom stereocenters. The summed E-state index contributed by atoms with van der Waals surface area (Å²) in [5.74, 6) is -3.02. The summed E-state index contributed by atoms with van der Waals surface area (Å²) in [4.78, 5) is 39.3. The molecule has 28 heavy (non-hydrogen) atoms. The Morgan fingerprint density at radius 2 is 1.82 bits per heavy atom.